The van der Waals surface area contributed by atoms with Gasteiger partial charge in [0.05, 0.1) is 0 Å². The first-order chi connectivity index (χ1) is 8.35. The number of ether oxygens (including phenoxy) is 1. The molecule has 1 aromatic carbocycles. The summed E-state index contributed by atoms with van der Waals surface area (Å²) in [5, 5.41) is 0. The summed E-state index contributed by atoms with van der Waals surface area (Å²) in [6.07, 6.45) is 0.578. The van der Waals surface area contributed by atoms with Crippen molar-refractivity contribution in [2.75, 3.05) is 12.3 Å². The number of carbonyl (C=O) groups excluding carboxylic acids is 1. The number of hydrogen-bond acceptors (Lipinski definition) is 3. The van der Waals surface area contributed by atoms with Crippen LogP contribution in [0.15, 0.2) is 18.2 Å². The Labute approximate surface area is 121 Å². The van der Waals surface area contributed by atoms with E-state index in [2.05, 4.69) is 22.6 Å². The van der Waals surface area contributed by atoms with E-state index in [-0.39, 0.29) is 6.09 Å². The third kappa shape index (κ3) is 3.28. The first-order valence-electron chi connectivity index (χ1n) is 5.89. The van der Waals surface area contributed by atoms with E-state index in [1.54, 1.807) is 4.90 Å². The van der Waals surface area contributed by atoms with Gasteiger partial charge in [-0.15, -0.1) is 0 Å². The number of alkyl halides is 1. The number of nitrogens with zero attached hydrogens (tertiary/aromatic N) is 1. The van der Waals surface area contributed by atoms with Crippen molar-refractivity contribution in [1.29, 1.82) is 0 Å². The van der Waals surface area contributed by atoms with Gasteiger partial charge < -0.3 is 15.4 Å². The Morgan fingerprint density at radius 2 is 2.17 bits per heavy atom. The summed E-state index contributed by atoms with van der Waals surface area (Å²) in [4.78, 5) is 13.7. The molecule has 1 amide bonds. The number of benzene rings is 1. The molecule has 98 valence electrons. The smallest absolute Gasteiger partial charge is 0.411 e. The zero-order valence-electron chi connectivity index (χ0n) is 10.6. The lowest BCUT2D eigenvalue weighted by molar-refractivity contribution is 0.0661. The van der Waals surface area contributed by atoms with Crippen molar-refractivity contribution >= 4 is 34.4 Å². The molecule has 4 nitrogen and oxygen atoms in total. The third-order valence-electron chi connectivity index (χ3n) is 2.83. The third-order valence-corrected chi connectivity index (χ3v) is 3.05. The molecule has 1 aliphatic rings. The molecule has 2 N–H and O–H groups in total. The van der Waals surface area contributed by atoms with E-state index in [0.717, 1.165) is 17.7 Å². The summed E-state index contributed by atoms with van der Waals surface area (Å²) in [5.74, 6) is 0. The largest absolute Gasteiger partial charge is 0.433 e. The van der Waals surface area contributed by atoms with Gasteiger partial charge in [0.2, 0.25) is 0 Å². The molecule has 5 heteroatoms. The minimum Gasteiger partial charge on any atom is -0.433 e. The molecule has 0 radical (unpaired) electrons. The Hall–Kier alpha value is -0.980. The molecule has 1 aliphatic heterocycles. The highest BCUT2D eigenvalue weighted by molar-refractivity contribution is 14.1. The van der Waals surface area contributed by atoms with Crippen LogP contribution in [0.1, 0.15) is 25.0 Å². The minimum atomic E-state index is -0.476. The topological polar surface area (TPSA) is 55.6 Å². The molecular weight excluding hydrogens is 343 g/mol. The molecule has 0 unspecified atom stereocenters. The van der Waals surface area contributed by atoms with Crippen molar-refractivity contribution in [2.45, 2.75) is 30.4 Å². The zero-order chi connectivity index (χ0) is 13.3. The summed E-state index contributed by atoms with van der Waals surface area (Å²) in [6, 6.07) is 5.84. The van der Waals surface area contributed by atoms with Crippen LogP contribution in [0.4, 0.5) is 10.5 Å². The second-order valence-electron chi connectivity index (χ2n) is 4.93. The van der Waals surface area contributed by atoms with Gasteiger partial charge in [-0.2, -0.15) is 0 Å². The van der Waals surface area contributed by atoms with Gasteiger partial charge in [0.1, 0.15) is 0 Å². The Morgan fingerprint density at radius 3 is 2.83 bits per heavy atom. The first kappa shape index (κ1) is 13.5. The SMILES string of the molecule is CC(C)(I)OC(=O)N1CCc2cc(N)ccc2C1. The van der Waals surface area contributed by atoms with Gasteiger partial charge in [-0.3, -0.25) is 0 Å². The number of amides is 1. The maximum atomic E-state index is 12.0. The van der Waals surface area contributed by atoms with Crippen LogP contribution in [0.25, 0.3) is 0 Å². The van der Waals surface area contributed by atoms with Gasteiger partial charge in [0, 0.05) is 18.8 Å². The van der Waals surface area contributed by atoms with E-state index in [1.165, 1.54) is 5.56 Å². The van der Waals surface area contributed by atoms with Crippen LogP contribution < -0.4 is 5.73 Å². The number of nitrogens with two attached hydrogens (primary N) is 1. The molecule has 18 heavy (non-hydrogen) atoms. The lowest BCUT2D eigenvalue weighted by atomic mass is 9.99. The van der Waals surface area contributed by atoms with E-state index in [4.69, 9.17) is 10.5 Å². The van der Waals surface area contributed by atoms with Crippen LogP contribution in [-0.2, 0) is 17.7 Å². The van der Waals surface area contributed by atoms with E-state index >= 15 is 0 Å². The Kier molecular flexibility index (Phi) is 3.70. The van der Waals surface area contributed by atoms with Crippen LogP contribution in [0, 0.1) is 0 Å². The van der Waals surface area contributed by atoms with Crippen molar-refractivity contribution in [3.05, 3.63) is 29.3 Å². The van der Waals surface area contributed by atoms with Gasteiger partial charge in [-0.25, -0.2) is 4.79 Å². The van der Waals surface area contributed by atoms with E-state index in [9.17, 15) is 4.79 Å². The molecule has 0 aliphatic carbocycles. The first-order valence-corrected chi connectivity index (χ1v) is 6.97. The fourth-order valence-electron chi connectivity index (χ4n) is 2.00. The summed E-state index contributed by atoms with van der Waals surface area (Å²) < 4.78 is 4.89. The lowest BCUT2D eigenvalue weighted by Gasteiger charge is -2.30. The summed E-state index contributed by atoms with van der Waals surface area (Å²) >= 11 is 2.11. The van der Waals surface area contributed by atoms with Crippen LogP contribution in [0.2, 0.25) is 0 Å². The predicted molar refractivity (Wildman–Crippen MR) is 79.5 cm³/mol. The molecule has 1 heterocycles. The van der Waals surface area contributed by atoms with Gasteiger partial charge in [0.15, 0.2) is 3.61 Å². The fraction of sp³-hybridized carbons (Fsp3) is 0.462. The van der Waals surface area contributed by atoms with Gasteiger partial charge in [-0.1, -0.05) is 6.07 Å². The molecule has 0 spiro atoms. The number of carbonyl (C=O) groups is 1. The highest BCUT2D eigenvalue weighted by Gasteiger charge is 2.26. The summed E-state index contributed by atoms with van der Waals surface area (Å²) in [5.41, 5.74) is 8.91. The van der Waals surface area contributed by atoms with Crippen molar-refractivity contribution in [1.82, 2.24) is 4.90 Å². The predicted octanol–water partition coefficient (Wildman–Crippen LogP) is 2.93. The second kappa shape index (κ2) is 4.95. The van der Waals surface area contributed by atoms with E-state index in [1.807, 2.05) is 32.0 Å². The van der Waals surface area contributed by atoms with Crippen molar-refractivity contribution in [3.63, 3.8) is 0 Å². The maximum absolute atomic E-state index is 12.0. The van der Waals surface area contributed by atoms with E-state index < -0.39 is 3.61 Å². The summed E-state index contributed by atoms with van der Waals surface area (Å²) in [7, 11) is 0. The van der Waals surface area contributed by atoms with Crippen LogP contribution in [-0.4, -0.2) is 21.1 Å². The number of rotatable bonds is 1. The van der Waals surface area contributed by atoms with Gasteiger partial charge in [0.25, 0.3) is 0 Å². The highest BCUT2D eigenvalue weighted by Crippen LogP contribution is 2.24. The minimum absolute atomic E-state index is 0.253. The Balaban J connectivity index is 2.08. The van der Waals surface area contributed by atoms with Gasteiger partial charge in [-0.05, 0) is 66.1 Å². The summed E-state index contributed by atoms with van der Waals surface area (Å²) in [6.45, 7) is 5.01. The van der Waals surface area contributed by atoms with Crippen LogP contribution in [0.3, 0.4) is 0 Å². The Morgan fingerprint density at radius 1 is 1.44 bits per heavy atom. The molecule has 0 atom stereocenters. The maximum Gasteiger partial charge on any atom is 0.411 e. The standard InChI is InChI=1S/C13H17IN2O2/c1-13(2,14)18-12(17)16-6-5-9-7-11(15)4-3-10(9)8-16/h3-4,7H,5-6,8,15H2,1-2H3. The lowest BCUT2D eigenvalue weighted by Crippen LogP contribution is -2.39. The number of anilines is 1. The normalized spacial score (nSPS) is 15.2. The number of nitrogen functional groups attached to an aromatic ring is 1. The Bertz CT molecular complexity index is 469. The highest BCUT2D eigenvalue weighted by atomic mass is 127. The number of fused-ring (bicyclic) bond motifs is 1. The average Bonchev–Trinajstić information content (AvgIpc) is 2.26. The second-order valence-corrected chi connectivity index (χ2v) is 7.53. The molecular formula is C13H17IN2O2. The fourth-order valence-corrected chi connectivity index (χ4v) is 2.19. The molecule has 0 fully saturated rings. The van der Waals surface area contributed by atoms with Crippen LogP contribution >= 0.6 is 22.6 Å². The van der Waals surface area contributed by atoms with Crippen molar-refractivity contribution in [2.24, 2.45) is 0 Å². The van der Waals surface area contributed by atoms with Crippen molar-refractivity contribution in [3.8, 4) is 0 Å². The molecule has 0 saturated carbocycles. The monoisotopic (exact) mass is 360 g/mol. The molecule has 0 saturated heterocycles. The number of hydrogen-bond donors (Lipinski definition) is 1. The molecule has 0 aromatic heterocycles. The van der Waals surface area contributed by atoms with Crippen molar-refractivity contribution < 1.29 is 9.53 Å². The zero-order valence-corrected chi connectivity index (χ0v) is 12.7. The molecule has 1 aromatic rings. The number of halogens is 1. The quantitative estimate of drug-likeness (QED) is 0.476. The molecule has 0 bridgehead atoms. The van der Waals surface area contributed by atoms with E-state index in [0.29, 0.717) is 13.1 Å². The average molecular weight is 360 g/mol. The van der Waals surface area contributed by atoms with Crippen LogP contribution in [0.5, 0.6) is 0 Å². The van der Waals surface area contributed by atoms with Gasteiger partial charge >= 0.3 is 6.09 Å². The molecule has 2 rings (SSSR count).